The Morgan fingerprint density at radius 1 is 1.07 bits per heavy atom. The highest BCUT2D eigenvalue weighted by atomic mass is 32.2. The van der Waals surface area contributed by atoms with Gasteiger partial charge in [-0.3, -0.25) is 19.7 Å². The minimum atomic E-state index is -4.40. The molecule has 1 aliphatic rings. The second kappa shape index (κ2) is 12.3. The first-order valence-corrected chi connectivity index (χ1v) is 13.6. The van der Waals surface area contributed by atoms with Crippen LogP contribution >= 0.6 is 11.8 Å². The zero-order chi connectivity index (χ0) is 29.0. The fourth-order valence-electron chi connectivity index (χ4n) is 4.72. The first-order valence-electron chi connectivity index (χ1n) is 12.8. The van der Waals surface area contributed by atoms with E-state index in [1.54, 1.807) is 13.0 Å². The van der Waals surface area contributed by atoms with Gasteiger partial charge < -0.3 is 10.1 Å². The monoisotopic (exact) mass is 570 g/mol. The quantitative estimate of drug-likeness (QED) is 0.226. The maximum absolute atomic E-state index is 12.8. The molecule has 10 heteroatoms. The number of H-pyrrole nitrogens is 1. The summed E-state index contributed by atoms with van der Waals surface area (Å²) < 4.78 is 38.3. The molecule has 1 aliphatic heterocycles. The molecule has 0 fully saturated rings. The van der Waals surface area contributed by atoms with E-state index >= 15 is 0 Å². The first-order chi connectivity index (χ1) is 18.9. The van der Waals surface area contributed by atoms with Gasteiger partial charge >= 0.3 is 12.1 Å². The number of para-hydroxylation sites is 1. The van der Waals surface area contributed by atoms with Crippen molar-refractivity contribution in [1.82, 2.24) is 10.3 Å². The molecule has 0 bridgehead atoms. The van der Waals surface area contributed by atoms with Gasteiger partial charge in [-0.25, -0.2) is 0 Å². The highest BCUT2D eigenvalue weighted by Gasteiger charge is 2.32. The number of aromatic nitrogens is 1. The number of Topliss-reactive ketones (excluding diaryl/α,β-unsaturated/α-hetero) is 2. The molecule has 0 aliphatic carbocycles. The molecule has 0 amide bonds. The van der Waals surface area contributed by atoms with Crippen LogP contribution in [0.5, 0.6) is 0 Å². The van der Waals surface area contributed by atoms with Crippen molar-refractivity contribution >= 4 is 46.3 Å². The summed E-state index contributed by atoms with van der Waals surface area (Å²) in [5.74, 6) is -2.98. The standard InChI is InChI=1S/C30H29F3N2O4S/c1-17(24-15-34-25-6-4-3-5-23(24)25)18(2)28(29(38)39)35-16-27(37)26(36)14-22-12-11-21(40-22)13-19-7-9-20(10-8-19)30(31,32)33/h3-10,12-13,15,17-18,28,34-35H,11,14,16H2,1-2H3,(H,38,39). The van der Waals surface area contributed by atoms with Crippen molar-refractivity contribution < 1.29 is 32.7 Å². The number of carboxylic acids is 1. The summed E-state index contributed by atoms with van der Waals surface area (Å²) >= 11 is 1.31. The van der Waals surface area contributed by atoms with Gasteiger partial charge in [-0.15, -0.1) is 0 Å². The number of alkyl halides is 3. The third-order valence-electron chi connectivity index (χ3n) is 7.18. The van der Waals surface area contributed by atoms with Crippen molar-refractivity contribution in [3.63, 3.8) is 0 Å². The first kappa shape index (κ1) is 29.4. The van der Waals surface area contributed by atoms with E-state index in [9.17, 15) is 32.7 Å². The van der Waals surface area contributed by atoms with Crippen molar-refractivity contribution in [3.8, 4) is 0 Å². The van der Waals surface area contributed by atoms with Gasteiger partial charge in [-0.1, -0.05) is 62.0 Å². The van der Waals surface area contributed by atoms with E-state index in [2.05, 4.69) is 10.3 Å². The number of aliphatic carboxylic acids is 1. The van der Waals surface area contributed by atoms with E-state index in [-0.39, 0.29) is 18.3 Å². The van der Waals surface area contributed by atoms with Crippen LogP contribution in [-0.2, 0) is 20.6 Å². The Kier molecular flexibility index (Phi) is 9.00. The van der Waals surface area contributed by atoms with Gasteiger partial charge in [0.05, 0.1) is 12.1 Å². The number of halogens is 3. The summed E-state index contributed by atoms with van der Waals surface area (Å²) in [5, 5.41) is 13.6. The van der Waals surface area contributed by atoms with E-state index in [0.717, 1.165) is 33.5 Å². The molecule has 3 N–H and O–H groups in total. The normalized spacial score (nSPS) is 17.0. The topological polar surface area (TPSA) is 99.3 Å². The molecule has 3 unspecified atom stereocenters. The average molecular weight is 571 g/mol. The molecule has 0 radical (unpaired) electrons. The van der Waals surface area contributed by atoms with Crippen LogP contribution in [0.25, 0.3) is 17.0 Å². The Labute approximate surface area is 233 Å². The zero-order valence-electron chi connectivity index (χ0n) is 21.9. The number of fused-ring (bicyclic) bond motifs is 1. The van der Waals surface area contributed by atoms with E-state index in [1.165, 1.54) is 23.9 Å². The van der Waals surface area contributed by atoms with Crippen LogP contribution < -0.4 is 5.32 Å². The predicted molar refractivity (Wildman–Crippen MR) is 150 cm³/mol. The summed E-state index contributed by atoms with van der Waals surface area (Å²) in [5.41, 5.74) is 1.81. The van der Waals surface area contributed by atoms with E-state index in [0.29, 0.717) is 16.9 Å². The van der Waals surface area contributed by atoms with Crippen LogP contribution in [0.2, 0.25) is 0 Å². The second-order valence-corrected chi connectivity index (χ2v) is 11.1. The van der Waals surface area contributed by atoms with Gasteiger partial charge in [0.2, 0.25) is 11.6 Å². The molecule has 0 spiro atoms. The summed E-state index contributed by atoms with van der Waals surface area (Å²) in [6.45, 7) is 3.34. The number of hydrogen-bond donors (Lipinski definition) is 3. The third-order valence-corrected chi connectivity index (χ3v) is 8.30. The highest BCUT2D eigenvalue weighted by Crippen LogP contribution is 2.39. The summed E-state index contributed by atoms with van der Waals surface area (Å²) in [6, 6.07) is 11.5. The molecule has 2 heterocycles. The van der Waals surface area contributed by atoms with E-state index in [4.69, 9.17) is 0 Å². The molecule has 3 atom stereocenters. The van der Waals surface area contributed by atoms with Gasteiger partial charge in [-0.2, -0.15) is 13.2 Å². The Bertz CT molecular complexity index is 1470. The molecule has 0 saturated carbocycles. The summed E-state index contributed by atoms with van der Waals surface area (Å²) in [4.78, 5) is 41.9. The Hall–Kier alpha value is -3.63. The Morgan fingerprint density at radius 3 is 2.45 bits per heavy atom. The number of allylic oxidation sites excluding steroid dienone is 3. The minimum Gasteiger partial charge on any atom is -0.480 e. The van der Waals surface area contributed by atoms with Crippen LogP contribution in [-0.4, -0.2) is 40.2 Å². The largest absolute Gasteiger partial charge is 0.480 e. The number of hydrogen-bond acceptors (Lipinski definition) is 5. The average Bonchev–Trinajstić information content (AvgIpc) is 3.54. The molecule has 1 aromatic heterocycles. The SMILES string of the molecule is CC(c1c[nH]c2ccccc12)C(C)C(NCC(=O)C(=O)CC1=CCC(=Cc2ccc(C(F)(F)F)cc2)S1)C(=O)O. The van der Waals surface area contributed by atoms with Crippen molar-refractivity contribution in [2.45, 2.75) is 44.8 Å². The summed E-state index contributed by atoms with van der Waals surface area (Å²) in [6.07, 6.45) is 1.41. The molecule has 4 rings (SSSR count). The third kappa shape index (κ3) is 6.92. The van der Waals surface area contributed by atoms with Crippen molar-refractivity contribution in [2.24, 2.45) is 5.92 Å². The Balaban J connectivity index is 1.31. The number of aromatic amines is 1. The van der Waals surface area contributed by atoms with Crippen LogP contribution in [0.15, 0.2) is 70.6 Å². The van der Waals surface area contributed by atoms with Crippen molar-refractivity contribution in [2.75, 3.05) is 6.54 Å². The molecular weight excluding hydrogens is 541 g/mol. The van der Waals surface area contributed by atoms with Crippen molar-refractivity contribution in [3.05, 3.63) is 87.3 Å². The smallest absolute Gasteiger partial charge is 0.416 e. The van der Waals surface area contributed by atoms with E-state index < -0.39 is 41.9 Å². The molecule has 210 valence electrons. The zero-order valence-corrected chi connectivity index (χ0v) is 22.7. The van der Waals surface area contributed by atoms with Gasteiger partial charge in [0.25, 0.3) is 0 Å². The van der Waals surface area contributed by atoms with Gasteiger partial charge in [0.1, 0.15) is 6.04 Å². The summed E-state index contributed by atoms with van der Waals surface area (Å²) in [7, 11) is 0. The Morgan fingerprint density at radius 2 is 1.77 bits per heavy atom. The number of carbonyl (C=O) groups excluding carboxylic acids is 2. The van der Waals surface area contributed by atoms with Gasteiger partial charge in [-0.05, 0) is 63.5 Å². The number of benzene rings is 2. The van der Waals surface area contributed by atoms with Crippen LogP contribution in [0, 0.1) is 5.92 Å². The maximum Gasteiger partial charge on any atom is 0.416 e. The number of carbonyl (C=O) groups is 3. The lowest BCUT2D eigenvalue weighted by atomic mass is 9.83. The van der Waals surface area contributed by atoms with E-state index in [1.807, 2.05) is 43.5 Å². The fourth-order valence-corrected chi connectivity index (χ4v) is 5.78. The molecule has 3 aromatic rings. The molecular formula is C30H29F3N2O4S. The fraction of sp³-hybridized carbons (Fsp3) is 0.300. The lowest BCUT2D eigenvalue weighted by Gasteiger charge is -2.26. The van der Waals surface area contributed by atoms with Crippen LogP contribution in [0.1, 0.15) is 49.3 Å². The van der Waals surface area contributed by atoms with Crippen molar-refractivity contribution in [1.29, 1.82) is 0 Å². The minimum absolute atomic E-state index is 0.117. The second-order valence-electron chi connectivity index (χ2n) is 9.86. The number of ketones is 2. The lowest BCUT2D eigenvalue weighted by Crippen LogP contribution is -2.46. The van der Waals surface area contributed by atoms with Crippen LogP contribution in [0.4, 0.5) is 13.2 Å². The van der Waals surface area contributed by atoms with Gasteiger partial charge in [0.15, 0.2) is 0 Å². The number of nitrogens with one attached hydrogen (secondary N) is 2. The molecule has 0 saturated heterocycles. The molecule has 2 aromatic carbocycles. The molecule has 6 nitrogen and oxygen atoms in total. The van der Waals surface area contributed by atoms with Crippen LogP contribution in [0.3, 0.4) is 0 Å². The maximum atomic E-state index is 12.8. The number of rotatable bonds is 11. The number of carboxylic acid groups (broad SMARTS) is 1. The number of thioether (sulfide) groups is 1. The lowest BCUT2D eigenvalue weighted by molar-refractivity contribution is -0.142. The predicted octanol–water partition coefficient (Wildman–Crippen LogP) is 6.56. The highest BCUT2D eigenvalue weighted by molar-refractivity contribution is 8.07. The molecule has 40 heavy (non-hydrogen) atoms. The van der Waals surface area contributed by atoms with Gasteiger partial charge in [0, 0.05) is 23.5 Å².